The molecule has 0 unspecified atom stereocenters. The van der Waals surface area contributed by atoms with Crippen molar-refractivity contribution >= 4 is 46.0 Å². The maximum absolute atomic E-state index is 11.4. The summed E-state index contributed by atoms with van der Waals surface area (Å²) >= 11 is 0. The fraction of sp³-hybridized carbons (Fsp3) is 0.0909. The number of nitrogens with zero attached hydrogens (tertiary/aromatic N) is 3. The molecule has 2 aromatic heterocycles. The third-order valence-corrected chi connectivity index (χ3v) is 15.0. The fourth-order valence-corrected chi connectivity index (χ4v) is 11.4. The summed E-state index contributed by atoms with van der Waals surface area (Å²) in [4.78, 5) is 10.6. The van der Waals surface area contributed by atoms with Gasteiger partial charge in [0, 0.05) is 50.2 Å². The molecule has 3 aliphatic carbocycles. The molecule has 0 saturated heterocycles. The number of aromatic nitrogens is 3. The number of hydrogen-bond acceptors (Lipinski definition) is 3. The van der Waals surface area contributed by atoms with Crippen LogP contribution in [-0.2, 0) is 21.1 Å². The number of para-hydroxylation sites is 2. The fourth-order valence-electron chi connectivity index (χ4n) is 10.3. The summed E-state index contributed by atoms with van der Waals surface area (Å²) < 4.78 is 2.24. The Bertz CT molecular complexity index is 3360. The molecule has 4 nitrogen and oxygen atoms in total. The van der Waals surface area contributed by atoms with Crippen LogP contribution in [0, 0.1) is 6.07 Å². The molecule has 0 spiro atoms. The molecule has 13 rings (SSSR count). The number of phenols is 1. The largest absolute Gasteiger partial charge is 0.507 e. The van der Waals surface area contributed by atoms with E-state index in [1.54, 1.807) is 6.07 Å². The number of pyridine rings is 1. The van der Waals surface area contributed by atoms with Crippen molar-refractivity contribution in [2.45, 2.75) is 31.5 Å². The number of rotatable bonds is 5. The Morgan fingerprint density at radius 3 is 1.90 bits per heavy atom. The van der Waals surface area contributed by atoms with E-state index in [4.69, 9.17) is 9.97 Å². The SMILES string of the molecule is C[Si](C)(C)c1ccc(-n2c(-c3ccccc3O)nc3c(-c4[c-]c5c(cc4)c4c(c6cccnc65)C5c6ccccc6C4c4ccccc45)cccc32)c(-c2ccccc2)c1.[Pt]. The zero-order valence-electron chi connectivity index (χ0n) is 33.9. The van der Waals surface area contributed by atoms with Gasteiger partial charge in [0.2, 0.25) is 0 Å². The monoisotopic (exact) mass is 981 g/mol. The van der Waals surface area contributed by atoms with E-state index in [1.807, 2.05) is 24.4 Å². The quantitative estimate of drug-likeness (QED) is 0.106. The zero-order valence-corrected chi connectivity index (χ0v) is 37.2. The minimum absolute atomic E-state index is 0. The molecule has 0 radical (unpaired) electrons. The third kappa shape index (κ3) is 5.60. The van der Waals surface area contributed by atoms with Gasteiger partial charge in [0.1, 0.15) is 11.6 Å². The van der Waals surface area contributed by atoms with E-state index in [0.717, 1.165) is 49.9 Å². The smallest absolute Gasteiger partial charge is 0.148 e. The van der Waals surface area contributed by atoms with Crippen molar-refractivity contribution in [3.63, 3.8) is 0 Å². The molecule has 0 amide bonds. The summed E-state index contributed by atoms with van der Waals surface area (Å²) in [5.41, 5.74) is 17.0. The van der Waals surface area contributed by atoms with E-state index >= 15 is 0 Å². The van der Waals surface area contributed by atoms with Gasteiger partial charge in [0.15, 0.2) is 0 Å². The van der Waals surface area contributed by atoms with E-state index < -0.39 is 8.07 Å². The average Bonchev–Trinajstić information content (AvgIpc) is 3.68. The first-order chi connectivity index (χ1) is 29.3. The third-order valence-electron chi connectivity index (χ3n) is 13.0. The Hall–Kier alpha value is -6.39. The minimum Gasteiger partial charge on any atom is -0.507 e. The van der Waals surface area contributed by atoms with Crippen molar-refractivity contribution in [1.29, 1.82) is 0 Å². The molecule has 61 heavy (non-hydrogen) atoms. The van der Waals surface area contributed by atoms with Gasteiger partial charge in [0.25, 0.3) is 0 Å². The van der Waals surface area contributed by atoms with E-state index in [9.17, 15) is 5.11 Å². The molecular formula is C55H40N3OPtSi-. The second kappa shape index (κ2) is 14.1. The predicted molar refractivity (Wildman–Crippen MR) is 248 cm³/mol. The molecule has 10 aromatic rings. The topological polar surface area (TPSA) is 50.9 Å². The van der Waals surface area contributed by atoms with Gasteiger partial charge in [-0.05, 0) is 69.1 Å². The average molecular weight is 982 g/mol. The van der Waals surface area contributed by atoms with E-state index in [0.29, 0.717) is 11.4 Å². The van der Waals surface area contributed by atoms with Gasteiger partial charge < -0.3 is 5.11 Å². The van der Waals surface area contributed by atoms with Crippen LogP contribution in [0.1, 0.15) is 45.2 Å². The Kier molecular flexibility index (Phi) is 8.68. The summed E-state index contributed by atoms with van der Waals surface area (Å²) in [7, 11) is -1.66. The summed E-state index contributed by atoms with van der Waals surface area (Å²) in [5.74, 6) is 1.13. The van der Waals surface area contributed by atoms with Gasteiger partial charge in [-0.25, -0.2) is 4.98 Å². The second-order valence-corrected chi connectivity index (χ2v) is 22.4. The van der Waals surface area contributed by atoms with Crippen molar-refractivity contribution in [2.75, 3.05) is 0 Å². The van der Waals surface area contributed by atoms with Crippen LogP contribution < -0.4 is 5.19 Å². The minimum atomic E-state index is -1.66. The molecule has 0 atom stereocenters. The van der Waals surface area contributed by atoms with Crippen LogP contribution in [-0.4, -0.2) is 27.7 Å². The summed E-state index contributed by atoms with van der Waals surface area (Å²) in [6.07, 6.45) is 1.91. The van der Waals surface area contributed by atoms with Crippen LogP contribution in [0.4, 0.5) is 0 Å². The molecule has 0 saturated carbocycles. The van der Waals surface area contributed by atoms with Crippen LogP contribution in [0.15, 0.2) is 170 Å². The first-order valence-corrected chi connectivity index (χ1v) is 24.3. The van der Waals surface area contributed by atoms with Gasteiger partial charge in [-0.3, -0.25) is 9.55 Å². The van der Waals surface area contributed by atoms with Gasteiger partial charge in [-0.1, -0.05) is 168 Å². The standard InChI is InChI=1S/C55H40N3OSi.Pt/c1-60(2,3)35-27-29-46(44(32-35)33-15-5-4-6-16-33)58-47-24-13-22-36(54(47)57-55(58)42-21-11-12-25-48(42)59)34-26-28-41-45(31-34)53-43(23-14-30-56-53)52-50-39-19-9-7-17-37(39)49(51(41)52)38-18-8-10-20-40(38)50;/h4-30,32,49-50,59H,1-3H3;/q-1;. The van der Waals surface area contributed by atoms with Gasteiger partial charge >= 0.3 is 0 Å². The molecule has 3 aliphatic rings. The Morgan fingerprint density at radius 2 is 1.21 bits per heavy atom. The zero-order chi connectivity index (χ0) is 40.3. The van der Waals surface area contributed by atoms with Crippen LogP contribution in [0.2, 0.25) is 19.6 Å². The number of fused-ring (bicyclic) bond motifs is 4. The molecule has 0 aliphatic heterocycles. The Balaban J connectivity index is 0.00000420. The number of phenolic OH excluding ortho intramolecular Hbond substituents is 1. The van der Waals surface area contributed by atoms with Crippen molar-refractivity contribution < 1.29 is 26.2 Å². The van der Waals surface area contributed by atoms with E-state index in [1.165, 1.54) is 49.3 Å². The first kappa shape index (κ1) is 37.6. The molecule has 1 N–H and O–H groups in total. The Labute approximate surface area is 370 Å². The van der Waals surface area contributed by atoms with Gasteiger partial charge in [-0.15, -0.1) is 23.8 Å². The normalized spacial score (nSPS) is 15.1. The number of benzene rings is 8. The summed E-state index contributed by atoms with van der Waals surface area (Å²) in [6.45, 7) is 7.17. The van der Waals surface area contributed by atoms with Crippen LogP contribution in [0.25, 0.3) is 72.0 Å². The Morgan fingerprint density at radius 1 is 0.574 bits per heavy atom. The van der Waals surface area contributed by atoms with Crippen molar-refractivity contribution in [3.05, 3.63) is 209 Å². The van der Waals surface area contributed by atoms with Crippen molar-refractivity contribution in [2.24, 2.45) is 0 Å². The maximum atomic E-state index is 11.4. The molecule has 2 heterocycles. The number of hydrogen-bond donors (Lipinski definition) is 1. The van der Waals surface area contributed by atoms with Crippen molar-refractivity contribution in [1.82, 2.24) is 14.5 Å². The first-order valence-electron chi connectivity index (χ1n) is 20.8. The summed E-state index contributed by atoms with van der Waals surface area (Å²) in [5, 5.41) is 16.2. The second-order valence-electron chi connectivity index (χ2n) is 17.3. The maximum Gasteiger partial charge on any atom is 0.148 e. The van der Waals surface area contributed by atoms with Crippen LogP contribution in [0.3, 0.4) is 0 Å². The molecule has 8 aromatic carbocycles. The molecular weight excluding hydrogens is 942 g/mol. The van der Waals surface area contributed by atoms with Gasteiger partial charge in [-0.2, -0.15) is 0 Å². The molecule has 2 bridgehead atoms. The van der Waals surface area contributed by atoms with Crippen LogP contribution in [0.5, 0.6) is 5.75 Å². The molecule has 6 heteroatoms. The van der Waals surface area contributed by atoms with Crippen molar-refractivity contribution in [3.8, 4) is 45.1 Å². The molecule has 296 valence electrons. The summed E-state index contributed by atoms with van der Waals surface area (Å²) in [6, 6.07) is 62.3. The van der Waals surface area contributed by atoms with Crippen LogP contribution >= 0.6 is 0 Å². The van der Waals surface area contributed by atoms with E-state index in [2.05, 4.69) is 170 Å². The predicted octanol–water partition coefficient (Wildman–Crippen LogP) is 12.8. The number of aromatic hydroxyl groups is 1. The van der Waals surface area contributed by atoms with Gasteiger partial charge in [0.05, 0.1) is 30.4 Å². The molecule has 0 fully saturated rings. The van der Waals surface area contributed by atoms with E-state index in [-0.39, 0.29) is 38.7 Å². The number of imidazole rings is 1.